The average Bonchev–Trinajstić information content (AvgIpc) is 2.29. The Kier molecular flexibility index (Phi) is 5.35. The van der Waals surface area contributed by atoms with Crippen molar-refractivity contribution in [2.75, 3.05) is 0 Å². The van der Waals surface area contributed by atoms with Crippen LogP contribution in [0.5, 0.6) is 0 Å². The molecule has 18 heavy (non-hydrogen) atoms. The molecule has 0 fully saturated rings. The van der Waals surface area contributed by atoms with Crippen molar-refractivity contribution in [3.63, 3.8) is 0 Å². The first-order valence-corrected chi connectivity index (χ1v) is 6.52. The summed E-state index contributed by atoms with van der Waals surface area (Å²) in [5.74, 6) is -0.718. The molecule has 1 aromatic carbocycles. The second-order valence-electron chi connectivity index (χ2n) is 5.22. The van der Waals surface area contributed by atoms with Crippen LogP contribution in [0.3, 0.4) is 0 Å². The summed E-state index contributed by atoms with van der Waals surface area (Å²) in [6, 6.07) is 7.57. The molecule has 0 spiro atoms. The highest BCUT2D eigenvalue weighted by Crippen LogP contribution is 2.23. The molecule has 3 heteroatoms. The molecule has 0 aliphatic heterocycles. The molecule has 0 saturated heterocycles. The average molecular weight is 249 g/mol. The van der Waals surface area contributed by atoms with Crippen molar-refractivity contribution in [1.29, 1.82) is 0 Å². The molecule has 0 amide bonds. The quantitative estimate of drug-likeness (QED) is 0.814. The fourth-order valence-electron chi connectivity index (χ4n) is 2.16. The summed E-state index contributed by atoms with van der Waals surface area (Å²) >= 11 is 0. The molecule has 0 aliphatic rings. The lowest BCUT2D eigenvalue weighted by Crippen LogP contribution is -2.27. The zero-order valence-electron chi connectivity index (χ0n) is 11.4. The van der Waals surface area contributed by atoms with E-state index in [0.29, 0.717) is 12.3 Å². The lowest BCUT2D eigenvalue weighted by Gasteiger charge is -2.19. The van der Waals surface area contributed by atoms with Crippen LogP contribution in [0.2, 0.25) is 0 Å². The van der Waals surface area contributed by atoms with Crippen LogP contribution in [0.4, 0.5) is 0 Å². The molecule has 2 atom stereocenters. The summed E-state index contributed by atoms with van der Waals surface area (Å²) in [6.07, 6.45) is 1.58. The van der Waals surface area contributed by atoms with Gasteiger partial charge in [-0.3, -0.25) is 4.79 Å². The Morgan fingerprint density at radius 3 is 2.22 bits per heavy atom. The van der Waals surface area contributed by atoms with Gasteiger partial charge in [-0.1, -0.05) is 45.0 Å². The van der Waals surface area contributed by atoms with E-state index in [4.69, 9.17) is 10.8 Å². The van der Waals surface area contributed by atoms with Gasteiger partial charge < -0.3 is 10.8 Å². The lowest BCUT2D eigenvalue weighted by atomic mass is 9.90. The Labute approximate surface area is 109 Å². The third-order valence-corrected chi connectivity index (χ3v) is 3.20. The number of benzene rings is 1. The number of rotatable bonds is 6. The third-order valence-electron chi connectivity index (χ3n) is 3.20. The third kappa shape index (κ3) is 3.84. The number of carbonyl (C=O) groups is 1. The van der Waals surface area contributed by atoms with Crippen molar-refractivity contribution in [3.05, 3.63) is 35.4 Å². The second-order valence-corrected chi connectivity index (χ2v) is 5.22. The van der Waals surface area contributed by atoms with Crippen LogP contribution in [0.25, 0.3) is 0 Å². The number of hydrogen-bond donors (Lipinski definition) is 2. The zero-order chi connectivity index (χ0) is 13.7. The SMILES string of the molecule is CCC(C(=O)O)C(N)c1ccc(CC(C)C)cc1. The molecule has 1 rings (SSSR count). The Balaban J connectivity index is 2.80. The predicted molar refractivity (Wildman–Crippen MR) is 73.3 cm³/mol. The normalized spacial score (nSPS) is 14.5. The standard InChI is InChI=1S/C15H23NO2/c1-4-13(15(17)18)14(16)12-7-5-11(6-8-12)9-10(2)3/h5-8,10,13-14H,4,9,16H2,1-3H3,(H,17,18). The number of carboxylic acids is 1. The monoisotopic (exact) mass is 249 g/mol. The van der Waals surface area contributed by atoms with Crippen LogP contribution in [-0.2, 0) is 11.2 Å². The fraction of sp³-hybridized carbons (Fsp3) is 0.533. The summed E-state index contributed by atoms with van der Waals surface area (Å²) in [7, 11) is 0. The van der Waals surface area contributed by atoms with Gasteiger partial charge in [-0.15, -0.1) is 0 Å². The first-order chi connectivity index (χ1) is 8.45. The van der Waals surface area contributed by atoms with Gasteiger partial charge in [0.2, 0.25) is 0 Å². The Bertz CT molecular complexity index is 384. The van der Waals surface area contributed by atoms with Gasteiger partial charge in [-0.05, 0) is 29.9 Å². The number of nitrogens with two attached hydrogens (primary N) is 1. The number of aliphatic carboxylic acids is 1. The minimum Gasteiger partial charge on any atom is -0.481 e. The van der Waals surface area contributed by atoms with E-state index in [9.17, 15) is 4.79 Å². The van der Waals surface area contributed by atoms with Gasteiger partial charge >= 0.3 is 5.97 Å². The largest absolute Gasteiger partial charge is 0.481 e. The molecule has 0 heterocycles. The minimum atomic E-state index is -0.823. The van der Waals surface area contributed by atoms with Gasteiger partial charge in [0.05, 0.1) is 5.92 Å². The minimum absolute atomic E-state index is 0.430. The van der Waals surface area contributed by atoms with Gasteiger partial charge in [0.15, 0.2) is 0 Å². The molecule has 3 N–H and O–H groups in total. The van der Waals surface area contributed by atoms with Gasteiger partial charge in [-0.2, -0.15) is 0 Å². The molecule has 0 radical (unpaired) electrons. The van der Waals surface area contributed by atoms with Gasteiger partial charge in [0, 0.05) is 6.04 Å². The first-order valence-electron chi connectivity index (χ1n) is 6.52. The van der Waals surface area contributed by atoms with E-state index in [1.54, 1.807) is 0 Å². The number of carboxylic acid groups (broad SMARTS) is 1. The van der Waals surface area contributed by atoms with Crippen LogP contribution in [0.15, 0.2) is 24.3 Å². The van der Waals surface area contributed by atoms with E-state index >= 15 is 0 Å². The Morgan fingerprint density at radius 2 is 1.83 bits per heavy atom. The molecule has 3 nitrogen and oxygen atoms in total. The van der Waals surface area contributed by atoms with Gasteiger partial charge in [-0.25, -0.2) is 0 Å². The van der Waals surface area contributed by atoms with Crippen molar-refractivity contribution in [1.82, 2.24) is 0 Å². The highest BCUT2D eigenvalue weighted by molar-refractivity contribution is 5.71. The summed E-state index contributed by atoms with van der Waals surface area (Å²) in [5, 5.41) is 9.10. The van der Waals surface area contributed by atoms with E-state index in [2.05, 4.69) is 13.8 Å². The zero-order valence-corrected chi connectivity index (χ0v) is 11.4. The van der Waals surface area contributed by atoms with Gasteiger partial charge in [0.25, 0.3) is 0 Å². The molecule has 0 saturated carbocycles. The highest BCUT2D eigenvalue weighted by atomic mass is 16.4. The second kappa shape index (κ2) is 6.55. The summed E-state index contributed by atoms with van der Waals surface area (Å²) in [5.41, 5.74) is 8.19. The van der Waals surface area contributed by atoms with Gasteiger partial charge in [0.1, 0.15) is 0 Å². The summed E-state index contributed by atoms with van der Waals surface area (Å²) < 4.78 is 0. The van der Waals surface area contributed by atoms with E-state index in [-0.39, 0.29) is 0 Å². The maximum absolute atomic E-state index is 11.1. The molecule has 1 aromatic rings. The van der Waals surface area contributed by atoms with Crippen molar-refractivity contribution in [2.24, 2.45) is 17.6 Å². The lowest BCUT2D eigenvalue weighted by molar-refractivity contribution is -0.142. The van der Waals surface area contributed by atoms with Crippen LogP contribution < -0.4 is 5.73 Å². The summed E-state index contributed by atoms with van der Waals surface area (Å²) in [4.78, 5) is 11.1. The van der Waals surface area contributed by atoms with Crippen LogP contribution in [-0.4, -0.2) is 11.1 Å². The van der Waals surface area contributed by atoms with Crippen molar-refractivity contribution < 1.29 is 9.90 Å². The fourth-order valence-corrected chi connectivity index (χ4v) is 2.16. The molecule has 0 aromatic heterocycles. The topological polar surface area (TPSA) is 63.3 Å². The van der Waals surface area contributed by atoms with E-state index in [1.807, 2.05) is 31.2 Å². The van der Waals surface area contributed by atoms with Crippen molar-refractivity contribution >= 4 is 5.97 Å². The van der Waals surface area contributed by atoms with Crippen molar-refractivity contribution in [2.45, 2.75) is 39.7 Å². The van der Waals surface area contributed by atoms with E-state index in [0.717, 1.165) is 12.0 Å². The molecule has 100 valence electrons. The Morgan fingerprint density at radius 1 is 1.28 bits per heavy atom. The van der Waals surface area contributed by atoms with Crippen LogP contribution in [0.1, 0.15) is 44.4 Å². The van der Waals surface area contributed by atoms with Crippen molar-refractivity contribution in [3.8, 4) is 0 Å². The Hall–Kier alpha value is -1.35. The molecular formula is C15H23NO2. The molecule has 2 unspecified atom stereocenters. The predicted octanol–water partition coefficient (Wildman–Crippen LogP) is 3.00. The van der Waals surface area contributed by atoms with Crippen LogP contribution in [0, 0.1) is 11.8 Å². The van der Waals surface area contributed by atoms with E-state index < -0.39 is 17.9 Å². The highest BCUT2D eigenvalue weighted by Gasteiger charge is 2.24. The summed E-state index contributed by atoms with van der Waals surface area (Å²) in [6.45, 7) is 6.21. The molecular weight excluding hydrogens is 226 g/mol. The molecule has 0 aliphatic carbocycles. The van der Waals surface area contributed by atoms with Crippen LogP contribution >= 0.6 is 0 Å². The van der Waals surface area contributed by atoms with E-state index in [1.165, 1.54) is 5.56 Å². The number of hydrogen-bond acceptors (Lipinski definition) is 2. The smallest absolute Gasteiger partial charge is 0.308 e. The maximum atomic E-state index is 11.1. The first kappa shape index (κ1) is 14.7. The maximum Gasteiger partial charge on any atom is 0.308 e. The molecule has 0 bridgehead atoms.